The van der Waals surface area contributed by atoms with E-state index in [0.717, 1.165) is 4.34 Å². The van der Waals surface area contributed by atoms with E-state index >= 15 is 0 Å². The minimum absolute atomic E-state index is 0.0155. The van der Waals surface area contributed by atoms with Crippen LogP contribution in [0.25, 0.3) is 6.08 Å². The van der Waals surface area contributed by atoms with Crippen LogP contribution >= 0.6 is 34.7 Å². The number of nitrogens with zero attached hydrogens (tertiary/aromatic N) is 3. The van der Waals surface area contributed by atoms with Crippen LogP contribution in [0.15, 0.2) is 34.2 Å². The molecule has 106 valence electrons. The van der Waals surface area contributed by atoms with E-state index in [9.17, 15) is 4.79 Å². The summed E-state index contributed by atoms with van der Waals surface area (Å²) in [6, 6.07) is 8.71. The number of hydrogen-bond acceptors (Lipinski definition) is 6. The van der Waals surface area contributed by atoms with Gasteiger partial charge in [0, 0.05) is 5.02 Å². The number of thioether (sulfide) groups is 1. The molecule has 0 saturated heterocycles. The van der Waals surface area contributed by atoms with E-state index in [1.54, 1.807) is 24.3 Å². The Kier molecular flexibility index (Phi) is 5.33. The molecule has 21 heavy (non-hydrogen) atoms. The maximum Gasteiger partial charge on any atom is 0.268 e. The van der Waals surface area contributed by atoms with Crippen molar-refractivity contribution in [1.82, 2.24) is 10.2 Å². The summed E-state index contributed by atoms with van der Waals surface area (Å²) in [5.74, 6) is -0.517. The van der Waals surface area contributed by atoms with Gasteiger partial charge in [-0.15, -0.1) is 10.2 Å². The van der Waals surface area contributed by atoms with Crippen molar-refractivity contribution in [2.24, 2.45) is 0 Å². The Morgan fingerprint density at radius 2 is 2.14 bits per heavy atom. The van der Waals surface area contributed by atoms with Crippen molar-refractivity contribution in [2.75, 3.05) is 11.6 Å². The number of amides is 1. The number of anilines is 1. The van der Waals surface area contributed by atoms with Gasteiger partial charge in [-0.1, -0.05) is 46.8 Å². The molecule has 5 nitrogen and oxygen atoms in total. The molecule has 8 heteroatoms. The van der Waals surface area contributed by atoms with E-state index in [2.05, 4.69) is 15.5 Å². The van der Waals surface area contributed by atoms with Gasteiger partial charge in [-0.3, -0.25) is 10.1 Å². The summed E-state index contributed by atoms with van der Waals surface area (Å²) in [6.07, 6.45) is 3.36. The highest BCUT2D eigenvalue weighted by atomic mass is 35.5. The fourth-order valence-corrected chi connectivity index (χ4v) is 2.67. The van der Waals surface area contributed by atoms with Crippen molar-refractivity contribution in [1.29, 1.82) is 5.26 Å². The van der Waals surface area contributed by atoms with Gasteiger partial charge in [0.1, 0.15) is 11.6 Å². The topological polar surface area (TPSA) is 78.7 Å². The van der Waals surface area contributed by atoms with Crippen molar-refractivity contribution >= 4 is 51.8 Å². The SMILES string of the molecule is CSc1nnc(NC(=O)/C(C#N)=C/c2ccc(Cl)cc2)s1. The molecular formula is C13H9ClN4OS2. The molecule has 0 spiro atoms. The zero-order chi connectivity index (χ0) is 15.2. The van der Waals surface area contributed by atoms with E-state index in [1.165, 1.54) is 29.2 Å². The highest BCUT2D eigenvalue weighted by Crippen LogP contribution is 2.23. The lowest BCUT2D eigenvalue weighted by atomic mass is 10.1. The lowest BCUT2D eigenvalue weighted by molar-refractivity contribution is -0.112. The first-order chi connectivity index (χ1) is 10.1. The van der Waals surface area contributed by atoms with Gasteiger partial charge in [0.25, 0.3) is 5.91 Å². The first kappa shape index (κ1) is 15.5. The quantitative estimate of drug-likeness (QED) is 0.400. The largest absolute Gasteiger partial charge is 0.296 e. The number of carbonyl (C=O) groups is 1. The zero-order valence-electron chi connectivity index (χ0n) is 10.8. The van der Waals surface area contributed by atoms with Crippen molar-refractivity contribution in [3.8, 4) is 6.07 Å². The normalized spacial score (nSPS) is 11.0. The number of carbonyl (C=O) groups excluding carboxylic acids is 1. The molecule has 1 aromatic heterocycles. The maximum atomic E-state index is 12.0. The zero-order valence-corrected chi connectivity index (χ0v) is 13.2. The van der Waals surface area contributed by atoms with Crippen molar-refractivity contribution in [3.63, 3.8) is 0 Å². The van der Waals surface area contributed by atoms with Gasteiger partial charge in [-0.2, -0.15) is 5.26 Å². The average Bonchev–Trinajstić information content (AvgIpc) is 2.94. The number of rotatable bonds is 4. The van der Waals surface area contributed by atoms with Gasteiger partial charge in [0.15, 0.2) is 4.34 Å². The Balaban J connectivity index is 2.15. The van der Waals surface area contributed by atoms with Crippen LogP contribution in [0, 0.1) is 11.3 Å². The Bertz CT molecular complexity index is 719. The van der Waals surface area contributed by atoms with Crippen LogP contribution in [-0.2, 0) is 4.79 Å². The monoisotopic (exact) mass is 336 g/mol. The van der Waals surface area contributed by atoms with Crippen LogP contribution in [0.3, 0.4) is 0 Å². The first-order valence-electron chi connectivity index (χ1n) is 5.68. The second-order valence-corrected chi connectivity index (χ2v) is 6.22. The molecule has 0 bridgehead atoms. The first-order valence-corrected chi connectivity index (χ1v) is 8.10. The molecule has 1 amide bonds. The fourth-order valence-electron chi connectivity index (χ4n) is 1.38. The standard InChI is InChI=1S/C13H9ClN4OS2/c1-20-13-18-17-12(21-13)16-11(19)9(7-15)6-8-2-4-10(14)5-3-8/h2-6H,1H3,(H,16,17,19)/b9-6+. The molecule has 0 unspecified atom stereocenters. The van der Waals surface area contributed by atoms with Crippen molar-refractivity contribution in [2.45, 2.75) is 4.34 Å². The Morgan fingerprint density at radius 1 is 1.43 bits per heavy atom. The summed E-state index contributed by atoms with van der Waals surface area (Å²) in [7, 11) is 0. The third-order valence-electron chi connectivity index (χ3n) is 2.35. The van der Waals surface area contributed by atoms with Crippen LogP contribution in [-0.4, -0.2) is 22.4 Å². The molecule has 2 aromatic rings. The number of halogens is 1. The lowest BCUT2D eigenvalue weighted by Crippen LogP contribution is -2.13. The van der Waals surface area contributed by atoms with Crippen LogP contribution in [0.2, 0.25) is 5.02 Å². The predicted octanol–water partition coefficient (Wildman–Crippen LogP) is 3.46. The van der Waals surface area contributed by atoms with Crippen molar-refractivity contribution < 1.29 is 4.79 Å². The summed E-state index contributed by atoms with van der Waals surface area (Å²) in [5.41, 5.74) is 0.700. The molecule has 0 fully saturated rings. The molecule has 0 aliphatic rings. The number of nitriles is 1. The fraction of sp³-hybridized carbons (Fsp3) is 0.0769. The molecule has 1 heterocycles. The van der Waals surface area contributed by atoms with Crippen LogP contribution in [0.4, 0.5) is 5.13 Å². The summed E-state index contributed by atoms with van der Waals surface area (Å²) in [4.78, 5) is 12.0. The van der Waals surface area contributed by atoms with Crippen LogP contribution < -0.4 is 5.32 Å². The third kappa shape index (κ3) is 4.29. The van der Waals surface area contributed by atoms with E-state index in [4.69, 9.17) is 16.9 Å². The molecule has 0 radical (unpaired) electrons. The van der Waals surface area contributed by atoms with Gasteiger partial charge < -0.3 is 0 Å². The van der Waals surface area contributed by atoms with Crippen LogP contribution in [0.5, 0.6) is 0 Å². The number of benzene rings is 1. The highest BCUT2D eigenvalue weighted by Gasteiger charge is 2.12. The minimum atomic E-state index is -0.517. The number of hydrogen-bond donors (Lipinski definition) is 1. The van der Waals surface area contributed by atoms with Gasteiger partial charge in [-0.05, 0) is 30.0 Å². The summed E-state index contributed by atoms with van der Waals surface area (Å²) in [6.45, 7) is 0. The highest BCUT2D eigenvalue weighted by molar-refractivity contribution is 8.00. The third-order valence-corrected chi connectivity index (χ3v) is 4.41. The summed E-state index contributed by atoms with van der Waals surface area (Å²) >= 11 is 8.48. The van der Waals surface area contributed by atoms with Gasteiger partial charge in [0.2, 0.25) is 5.13 Å². The Labute approximate surface area is 134 Å². The Hall–Kier alpha value is -1.88. The van der Waals surface area contributed by atoms with Crippen molar-refractivity contribution in [3.05, 3.63) is 40.4 Å². The van der Waals surface area contributed by atoms with Gasteiger partial charge >= 0.3 is 0 Å². The molecule has 0 saturated carbocycles. The lowest BCUT2D eigenvalue weighted by Gasteiger charge is -1.99. The molecule has 0 aliphatic carbocycles. The van der Waals surface area contributed by atoms with Gasteiger partial charge in [-0.25, -0.2) is 0 Å². The number of aromatic nitrogens is 2. The second kappa shape index (κ2) is 7.22. The smallest absolute Gasteiger partial charge is 0.268 e. The van der Waals surface area contributed by atoms with E-state index in [0.29, 0.717) is 15.7 Å². The van der Waals surface area contributed by atoms with E-state index in [1.807, 2.05) is 12.3 Å². The summed E-state index contributed by atoms with van der Waals surface area (Å²) in [5, 5.41) is 20.3. The Morgan fingerprint density at radius 3 is 2.71 bits per heavy atom. The maximum absolute atomic E-state index is 12.0. The molecule has 2 rings (SSSR count). The molecule has 1 aromatic carbocycles. The van der Waals surface area contributed by atoms with E-state index < -0.39 is 5.91 Å². The minimum Gasteiger partial charge on any atom is -0.296 e. The van der Waals surface area contributed by atoms with Crippen LogP contribution in [0.1, 0.15) is 5.56 Å². The number of nitrogens with one attached hydrogen (secondary N) is 1. The molecule has 0 aliphatic heterocycles. The molecule has 0 atom stereocenters. The summed E-state index contributed by atoms with van der Waals surface area (Å²) < 4.78 is 0.741. The van der Waals surface area contributed by atoms with E-state index in [-0.39, 0.29) is 5.57 Å². The van der Waals surface area contributed by atoms with Gasteiger partial charge in [0.05, 0.1) is 0 Å². The second-order valence-electron chi connectivity index (χ2n) is 3.75. The molecular weight excluding hydrogens is 328 g/mol. The predicted molar refractivity (Wildman–Crippen MR) is 85.4 cm³/mol. The average molecular weight is 337 g/mol. The molecule has 1 N–H and O–H groups in total.